The largest absolute Gasteiger partial charge is 1.00 e. The summed E-state index contributed by atoms with van der Waals surface area (Å²) in [6.45, 7) is 2.15. The first-order valence-electron chi connectivity index (χ1n) is 7.47. The standard InChI is InChI=1S/C14H11ClN.C5H5.2ClH.Zr/c1-10-7-11-9-14(15)16(13(11)8-10)12-5-3-2-4-6-12;1-2-4-5-3-1;;;/h2-9H,1H3;1-3H,4H2;2*1H;/q;;;;+2/p-2. The summed E-state index contributed by atoms with van der Waals surface area (Å²) in [7, 11) is 0. The molecule has 1 unspecified atom stereocenters. The molecule has 24 heavy (non-hydrogen) atoms. The maximum atomic E-state index is 7.19. The molecule has 2 aliphatic carbocycles. The Labute approximate surface area is 172 Å². The Kier molecular flexibility index (Phi) is 6.42. The van der Waals surface area contributed by atoms with Crippen LogP contribution in [0.3, 0.4) is 0 Å². The molecule has 0 fully saturated rings. The number of alkyl halides is 1. The van der Waals surface area contributed by atoms with Crippen molar-refractivity contribution in [2.75, 3.05) is 4.90 Å². The van der Waals surface area contributed by atoms with E-state index in [1.165, 1.54) is 22.5 Å². The molecule has 3 aliphatic rings. The molecule has 0 N–H and O–H groups in total. The maximum Gasteiger partial charge on any atom is -1.00 e. The minimum absolute atomic E-state index is 0. The van der Waals surface area contributed by atoms with Gasteiger partial charge in [-0.05, 0) is 0 Å². The van der Waals surface area contributed by atoms with Crippen LogP contribution in [0.2, 0.25) is 0 Å². The van der Waals surface area contributed by atoms with Gasteiger partial charge in [-0.2, -0.15) is 0 Å². The number of benzene rings is 1. The second-order valence-electron chi connectivity index (χ2n) is 5.81. The molecule has 0 spiro atoms. The van der Waals surface area contributed by atoms with Crippen LogP contribution in [0, 0.1) is 0 Å². The van der Waals surface area contributed by atoms with Crippen molar-refractivity contribution < 1.29 is 48.0 Å². The van der Waals surface area contributed by atoms with E-state index in [1.807, 2.05) is 0 Å². The molecular weight excluding hydrogens is 440 g/mol. The molecular formula is C19H16Cl3NZr. The van der Waals surface area contributed by atoms with Gasteiger partial charge in [0.2, 0.25) is 0 Å². The Morgan fingerprint density at radius 3 is 2.54 bits per heavy atom. The topological polar surface area (TPSA) is 3.24 Å². The second kappa shape index (κ2) is 7.79. The summed E-state index contributed by atoms with van der Waals surface area (Å²) in [5.74, 6) is 0. The zero-order valence-corrected chi connectivity index (χ0v) is 17.9. The quantitative estimate of drug-likeness (QED) is 0.422. The first-order valence-corrected chi connectivity index (χ1v) is 10.3. The van der Waals surface area contributed by atoms with Gasteiger partial charge < -0.3 is 24.8 Å². The third-order valence-corrected chi connectivity index (χ3v) is 8.38. The van der Waals surface area contributed by atoms with E-state index in [-0.39, 0.29) is 27.5 Å². The van der Waals surface area contributed by atoms with Crippen LogP contribution in [0.4, 0.5) is 5.69 Å². The minimum atomic E-state index is -0.966. The zero-order valence-electron chi connectivity index (χ0n) is 13.1. The minimum Gasteiger partial charge on any atom is -1.00 e. The van der Waals surface area contributed by atoms with Crippen LogP contribution in [0.15, 0.2) is 86.9 Å². The van der Waals surface area contributed by atoms with Crippen LogP contribution in [-0.2, 0) is 23.2 Å². The summed E-state index contributed by atoms with van der Waals surface area (Å²) in [5.41, 5.74) is 5.02. The fraction of sp³-hybridized carbons (Fsp3) is 0.158. The van der Waals surface area contributed by atoms with Crippen molar-refractivity contribution in [2.45, 2.75) is 16.1 Å². The molecule has 5 heteroatoms. The molecule has 0 amide bonds. The van der Waals surface area contributed by atoms with Gasteiger partial charge in [0.05, 0.1) is 0 Å². The van der Waals surface area contributed by atoms with Gasteiger partial charge in [0.25, 0.3) is 0 Å². The number of fused-ring (bicyclic) bond motifs is 1. The Bertz CT molecular complexity index is 777. The normalized spacial score (nSPS) is 23.3. The van der Waals surface area contributed by atoms with Gasteiger partial charge in [-0.3, -0.25) is 0 Å². The number of allylic oxidation sites excluding steroid dienone is 7. The van der Waals surface area contributed by atoms with Crippen molar-refractivity contribution in [2.24, 2.45) is 0 Å². The number of para-hydroxylation sites is 1. The van der Waals surface area contributed by atoms with Crippen molar-refractivity contribution in [1.29, 1.82) is 0 Å². The molecule has 1 nitrogen and oxygen atoms in total. The SMILES string of the molecule is CC1=CC2=C[C](Cl)([Zr+2][C]3=CC=CC3)N(c3ccccc3)C2=C1.[Cl-].[Cl-]. The predicted molar refractivity (Wildman–Crippen MR) is 89.3 cm³/mol. The second-order valence-corrected chi connectivity index (χ2v) is 11.2. The van der Waals surface area contributed by atoms with Gasteiger partial charge >= 0.3 is 148 Å². The molecule has 122 valence electrons. The van der Waals surface area contributed by atoms with E-state index in [0.717, 1.165) is 6.42 Å². The number of halogens is 3. The average molecular weight is 456 g/mol. The van der Waals surface area contributed by atoms with Crippen molar-refractivity contribution >= 4 is 17.3 Å². The Balaban J connectivity index is 0.00000104. The van der Waals surface area contributed by atoms with Crippen LogP contribution >= 0.6 is 11.6 Å². The van der Waals surface area contributed by atoms with Crippen LogP contribution in [0.1, 0.15) is 13.3 Å². The van der Waals surface area contributed by atoms with E-state index < -0.39 is 23.2 Å². The molecule has 4 rings (SSSR count). The van der Waals surface area contributed by atoms with Crippen LogP contribution in [-0.4, -0.2) is 2.71 Å². The Hall–Kier alpha value is -0.527. The number of nitrogens with zero attached hydrogens (tertiary/aromatic N) is 1. The third-order valence-electron chi connectivity index (χ3n) is 4.08. The predicted octanol–water partition coefficient (Wildman–Crippen LogP) is -0.896. The fourth-order valence-electron chi connectivity index (χ4n) is 3.18. The maximum absolute atomic E-state index is 7.19. The summed E-state index contributed by atoms with van der Waals surface area (Å²) in [4.78, 5) is 2.35. The van der Waals surface area contributed by atoms with E-state index in [2.05, 4.69) is 78.6 Å². The summed E-state index contributed by atoms with van der Waals surface area (Å²) in [6.07, 6.45) is 14.5. The van der Waals surface area contributed by atoms with Gasteiger partial charge in [-0.1, -0.05) is 0 Å². The monoisotopic (exact) mass is 453 g/mol. The van der Waals surface area contributed by atoms with Crippen molar-refractivity contribution in [1.82, 2.24) is 0 Å². The van der Waals surface area contributed by atoms with Crippen LogP contribution in [0.5, 0.6) is 0 Å². The Morgan fingerprint density at radius 2 is 1.88 bits per heavy atom. The molecule has 1 atom stereocenters. The molecule has 0 aromatic heterocycles. The molecule has 0 radical (unpaired) electrons. The van der Waals surface area contributed by atoms with E-state index in [4.69, 9.17) is 11.6 Å². The molecule has 1 aromatic rings. The van der Waals surface area contributed by atoms with E-state index in [9.17, 15) is 0 Å². The van der Waals surface area contributed by atoms with Crippen LogP contribution in [0.25, 0.3) is 0 Å². The van der Waals surface area contributed by atoms with Gasteiger partial charge in [0, 0.05) is 0 Å². The van der Waals surface area contributed by atoms with E-state index in [0.29, 0.717) is 0 Å². The number of anilines is 1. The molecule has 1 aliphatic heterocycles. The Morgan fingerprint density at radius 1 is 1.12 bits per heavy atom. The van der Waals surface area contributed by atoms with Gasteiger partial charge in [0.1, 0.15) is 0 Å². The van der Waals surface area contributed by atoms with Gasteiger partial charge in [0.15, 0.2) is 0 Å². The van der Waals surface area contributed by atoms with Crippen molar-refractivity contribution in [3.05, 3.63) is 86.9 Å². The zero-order chi connectivity index (χ0) is 15.2. The van der Waals surface area contributed by atoms with E-state index >= 15 is 0 Å². The third kappa shape index (κ3) is 3.53. The van der Waals surface area contributed by atoms with Gasteiger partial charge in [-0.15, -0.1) is 0 Å². The molecule has 1 heterocycles. The first-order chi connectivity index (χ1) is 10.7. The van der Waals surface area contributed by atoms with Crippen molar-refractivity contribution in [3.63, 3.8) is 0 Å². The first kappa shape index (κ1) is 19.8. The molecule has 0 bridgehead atoms. The fourth-order valence-corrected chi connectivity index (χ4v) is 7.74. The van der Waals surface area contributed by atoms with Gasteiger partial charge in [-0.25, -0.2) is 0 Å². The summed E-state index contributed by atoms with van der Waals surface area (Å²) < 4.78 is 1.21. The summed E-state index contributed by atoms with van der Waals surface area (Å²) in [6, 6.07) is 10.5. The van der Waals surface area contributed by atoms with Crippen molar-refractivity contribution in [3.8, 4) is 0 Å². The molecule has 0 saturated heterocycles. The molecule has 0 saturated carbocycles. The average Bonchev–Trinajstić information content (AvgIpc) is 3.15. The summed E-state index contributed by atoms with van der Waals surface area (Å²) in [5, 5.41) is 0. The number of hydrogen-bond acceptors (Lipinski definition) is 1. The molecule has 1 aromatic carbocycles. The summed E-state index contributed by atoms with van der Waals surface area (Å²) >= 11 is 6.22. The number of rotatable bonds is 3. The van der Waals surface area contributed by atoms with Crippen LogP contribution < -0.4 is 29.7 Å². The van der Waals surface area contributed by atoms with E-state index in [1.54, 1.807) is 3.28 Å². The number of hydrogen-bond donors (Lipinski definition) is 0. The smallest absolute Gasteiger partial charge is 1.00 e.